The van der Waals surface area contributed by atoms with Gasteiger partial charge in [0.1, 0.15) is 6.10 Å². The van der Waals surface area contributed by atoms with E-state index in [9.17, 15) is 4.79 Å². The molecule has 1 amide bonds. The van der Waals surface area contributed by atoms with Crippen LogP contribution in [0.5, 0.6) is 0 Å². The van der Waals surface area contributed by atoms with E-state index in [4.69, 9.17) is 15.2 Å². The number of alkyl carbamates (subject to hydrolysis) is 1. The molecule has 1 heterocycles. The monoisotopic (exact) mass is 236 g/mol. The van der Waals surface area contributed by atoms with E-state index >= 15 is 0 Å². The Kier molecular flexibility index (Phi) is 3.95. The van der Waals surface area contributed by atoms with Gasteiger partial charge in [-0.15, -0.1) is 0 Å². The van der Waals surface area contributed by atoms with Crippen LogP contribution in [0.3, 0.4) is 0 Å². The molecule has 0 spiro atoms. The molecular formula is C12H16N2O3. The summed E-state index contributed by atoms with van der Waals surface area (Å²) >= 11 is 0. The molecule has 0 saturated carbocycles. The van der Waals surface area contributed by atoms with Crippen molar-refractivity contribution in [2.45, 2.75) is 18.8 Å². The first-order chi connectivity index (χ1) is 8.29. The second-order valence-electron chi connectivity index (χ2n) is 3.93. The minimum atomic E-state index is -0.422. The summed E-state index contributed by atoms with van der Waals surface area (Å²) in [6, 6.07) is 9.69. The van der Waals surface area contributed by atoms with Gasteiger partial charge in [0, 0.05) is 6.54 Å². The maximum atomic E-state index is 11.0. The normalized spacial score (nSPS) is 23.2. The van der Waals surface area contributed by atoms with Gasteiger partial charge < -0.3 is 20.5 Å². The number of nitrogens with two attached hydrogens (primary N) is 1. The quantitative estimate of drug-likeness (QED) is 0.786. The minimum absolute atomic E-state index is 0.154. The van der Waals surface area contributed by atoms with Crippen molar-refractivity contribution in [3.8, 4) is 0 Å². The summed E-state index contributed by atoms with van der Waals surface area (Å²) in [7, 11) is 0. The van der Waals surface area contributed by atoms with Crippen molar-refractivity contribution in [1.29, 1.82) is 0 Å². The van der Waals surface area contributed by atoms with Crippen molar-refractivity contribution in [1.82, 2.24) is 5.32 Å². The van der Waals surface area contributed by atoms with Crippen LogP contribution in [-0.4, -0.2) is 31.4 Å². The first-order valence-corrected chi connectivity index (χ1v) is 5.58. The molecule has 2 atom stereocenters. The van der Waals surface area contributed by atoms with E-state index in [1.807, 2.05) is 30.3 Å². The van der Waals surface area contributed by atoms with Crippen LogP contribution in [0.4, 0.5) is 4.79 Å². The molecule has 0 unspecified atom stereocenters. The van der Waals surface area contributed by atoms with Gasteiger partial charge in [-0.2, -0.15) is 0 Å². The molecule has 92 valence electrons. The van der Waals surface area contributed by atoms with Crippen LogP contribution in [0.15, 0.2) is 30.3 Å². The lowest BCUT2D eigenvalue weighted by molar-refractivity contribution is 0.0282. The largest absolute Gasteiger partial charge is 0.442 e. The van der Waals surface area contributed by atoms with E-state index in [0.717, 1.165) is 5.56 Å². The van der Waals surface area contributed by atoms with Gasteiger partial charge in [0.2, 0.25) is 0 Å². The van der Waals surface area contributed by atoms with Gasteiger partial charge >= 0.3 is 6.09 Å². The Morgan fingerprint density at radius 2 is 2.12 bits per heavy atom. The standard InChI is InChI=1S/C12H16N2O3/c13-6-10-11(17-12(15)14-10)8-16-7-9-4-2-1-3-5-9/h1-5,10-11H,6-8,13H2,(H,14,15)/t10-,11-/m1/s1. The zero-order valence-corrected chi connectivity index (χ0v) is 9.46. The Morgan fingerprint density at radius 1 is 1.35 bits per heavy atom. The van der Waals surface area contributed by atoms with E-state index in [-0.39, 0.29) is 12.1 Å². The predicted molar refractivity (Wildman–Crippen MR) is 62.3 cm³/mol. The van der Waals surface area contributed by atoms with E-state index in [2.05, 4.69) is 5.32 Å². The van der Waals surface area contributed by atoms with E-state index < -0.39 is 6.09 Å². The third kappa shape index (κ3) is 3.18. The van der Waals surface area contributed by atoms with Crippen LogP contribution in [0.1, 0.15) is 5.56 Å². The summed E-state index contributed by atoms with van der Waals surface area (Å²) in [4.78, 5) is 11.0. The van der Waals surface area contributed by atoms with Crippen molar-refractivity contribution in [3.05, 3.63) is 35.9 Å². The topological polar surface area (TPSA) is 73.6 Å². The molecule has 3 N–H and O–H groups in total. The third-order valence-corrected chi connectivity index (χ3v) is 2.66. The van der Waals surface area contributed by atoms with Crippen molar-refractivity contribution in [2.24, 2.45) is 5.73 Å². The molecule has 1 aromatic rings. The summed E-state index contributed by atoms with van der Waals surface area (Å²) < 4.78 is 10.6. The fourth-order valence-corrected chi connectivity index (χ4v) is 1.73. The van der Waals surface area contributed by atoms with Crippen molar-refractivity contribution < 1.29 is 14.3 Å². The second kappa shape index (κ2) is 5.65. The molecule has 1 aliphatic rings. The highest BCUT2D eigenvalue weighted by Gasteiger charge is 2.32. The van der Waals surface area contributed by atoms with Crippen LogP contribution in [-0.2, 0) is 16.1 Å². The zero-order valence-electron chi connectivity index (χ0n) is 9.46. The molecule has 0 aliphatic carbocycles. The lowest BCUT2D eigenvalue weighted by atomic mass is 10.2. The number of nitrogens with one attached hydrogen (secondary N) is 1. The van der Waals surface area contributed by atoms with Gasteiger partial charge in [0.25, 0.3) is 0 Å². The van der Waals surface area contributed by atoms with E-state index in [0.29, 0.717) is 19.8 Å². The number of rotatable bonds is 5. The van der Waals surface area contributed by atoms with Gasteiger partial charge in [-0.1, -0.05) is 30.3 Å². The molecule has 0 bridgehead atoms. The van der Waals surface area contributed by atoms with Crippen molar-refractivity contribution in [3.63, 3.8) is 0 Å². The van der Waals surface area contributed by atoms with Crippen LogP contribution < -0.4 is 11.1 Å². The summed E-state index contributed by atoms with van der Waals surface area (Å²) in [5, 5.41) is 2.64. The number of hydrogen-bond acceptors (Lipinski definition) is 4. The molecule has 2 rings (SSSR count). The number of benzene rings is 1. The summed E-state index contributed by atoms with van der Waals surface area (Å²) in [6.45, 7) is 1.22. The predicted octanol–water partition coefficient (Wildman–Crippen LogP) is 0.639. The summed E-state index contributed by atoms with van der Waals surface area (Å²) in [5.74, 6) is 0. The highest BCUT2D eigenvalue weighted by molar-refractivity contribution is 5.70. The summed E-state index contributed by atoms with van der Waals surface area (Å²) in [5.41, 5.74) is 6.61. The number of ether oxygens (including phenoxy) is 2. The van der Waals surface area contributed by atoms with Crippen LogP contribution in [0.2, 0.25) is 0 Å². The molecule has 0 radical (unpaired) electrons. The Bertz CT molecular complexity index is 369. The fourth-order valence-electron chi connectivity index (χ4n) is 1.73. The van der Waals surface area contributed by atoms with Gasteiger partial charge in [0.15, 0.2) is 0 Å². The maximum Gasteiger partial charge on any atom is 0.407 e. The average Bonchev–Trinajstić information content (AvgIpc) is 2.71. The Balaban J connectivity index is 1.77. The molecule has 5 nitrogen and oxygen atoms in total. The van der Waals surface area contributed by atoms with Crippen molar-refractivity contribution in [2.75, 3.05) is 13.2 Å². The van der Waals surface area contributed by atoms with E-state index in [1.54, 1.807) is 0 Å². The number of hydrogen-bond donors (Lipinski definition) is 2. The molecule has 1 aromatic carbocycles. The van der Waals surface area contributed by atoms with E-state index in [1.165, 1.54) is 0 Å². The number of cyclic esters (lactones) is 1. The second-order valence-corrected chi connectivity index (χ2v) is 3.93. The third-order valence-electron chi connectivity index (χ3n) is 2.66. The van der Waals surface area contributed by atoms with Crippen LogP contribution in [0.25, 0.3) is 0 Å². The zero-order chi connectivity index (χ0) is 12.1. The molecular weight excluding hydrogens is 220 g/mol. The molecule has 1 fully saturated rings. The Morgan fingerprint density at radius 3 is 2.82 bits per heavy atom. The van der Waals surface area contributed by atoms with Crippen LogP contribution in [0, 0.1) is 0 Å². The number of carbonyl (C=O) groups is 1. The Hall–Kier alpha value is -1.59. The van der Waals surface area contributed by atoms with Gasteiger partial charge in [0.05, 0.1) is 19.3 Å². The SMILES string of the molecule is NC[C@H]1NC(=O)O[C@@H]1COCc1ccccc1. The molecule has 1 saturated heterocycles. The lowest BCUT2D eigenvalue weighted by Gasteiger charge is -2.15. The smallest absolute Gasteiger partial charge is 0.407 e. The first-order valence-electron chi connectivity index (χ1n) is 5.58. The highest BCUT2D eigenvalue weighted by atomic mass is 16.6. The minimum Gasteiger partial charge on any atom is -0.442 e. The van der Waals surface area contributed by atoms with Gasteiger partial charge in [-0.25, -0.2) is 4.79 Å². The lowest BCUT2D eigenvalue weighted by Crippen LogP contribution is -2.40. The molecule has 0 aromatic heterocycles. The van der Waals surface area contributed by atoms with Gasteiger partial charge in [-0.3, -0.25) is 0 Å². The Labute approximate surface area is 99.9 Å². The summed E-state index contributed by atoms with van der Waals surface area (Å²) in [6.07, 6.45) is -0.718. The highest BCUT2D eigenvalue weighted by Crippen LogP contribution is 2.09. The molecule has 17 heavy (non-hydrogen) atoms. The van der Waals surface area contributed by atoms with Crippen molar-refractivity contribution >= 4 is 6.09 Å². The molecule has 1 aliphatic heterocycles. The fraction of sp³-hybridized carbons (Fsp3) is 0.417. The first kappa shape index (κ1) is 11.9. The van der Waals surface area contributed by atoms with Crippen LogP contribution >= 0.6 is 0 Å². The number of carbonyl (C=O) groups excluding carboxylic acids is 1. The number of amides is 1. The average molecular weight is 236 g/mol. The maximum absolute atomic E-state index is 11.0. The molecule has 5 heteroatoms. The van der Waals surface area contributed by atoms with Gasteiger partial charge in [-0.05, 0) is 5.56 Å².